The zero-order chi connectivity index (χ0) is 22.8. The van der Waals surface area contributed by atoms with Crippen LogP contribution in [-0.2, 0) is 4.79 Å². The molecule has 1 amide bonds. The average molecular weight is 452 g/mol. The third kappa shape index (κ3) is 7.14. The maximum Gasteiger partial charge on any atom is 0.209 e. The summed E-state index contributed by atoms with van der Waals surface area (Å²) in [5, 5.41) is 7.25. The number of piperidine rings is 1. The summed E-state index contributed by atoms with van der Waals surface area (Å²) in [5.74, 6) is 0. The van der Waals surface area contributed by atoms with E-state index in [2.05, 4.69) is 73.5 Å². The van der Waals surface area contributed by atoms with Crippen LogP contribution in [0.5, 0.6) is 0 Å². The molecule has 1 aromatic heterocycles. The van der Waals surface area contributed by atoms with E-state index >= 15 is 0 Å². The third-order valence-corrected chi connectivity index (χ3v) is 7.29. The van der Waals surface area contributed by atoms with Gasteiger partial charge in [0.05, 0.1) is 5.69 Å². The Morgan fingerprint density at radius 3 is 2.47 bits per heavy atom. The van der Waals surface area contributed by atoms with Gasteiger partial charge in [0.15, 0.2) is 0 Å². The molecular weight excluding hydrogens is 414 g/mol. The van der Waals surface area contributed by atoms with E-state index < -0.39 is 0 Å². The van der Waals surface area contributed by atoms with Crippen LogP contribution in [0.25, 0.3) is 21.3 Å². The first-order chi connectivity index (χ1) is 15.6. The number of aryl methyl sites for hydroxylation is 2. The number of likely N-dealkylation sites (tertiary alicyclic amines) is 1. The first kappa shape index (κ1) is 24.4. The van der Waals surface area contributed by atoms with E-state index in [-0.39, 0.29) is 0 Å². The Morgan fingerprint density at radius 2 is 1.81 bits per heavy atom. The molecule has 4 rings (SSSR count). The van der Waals surface area contributed by atoms with Gasteiger partial charge in [-0.05, 0) is 56.5 Å². The van der Waals surface area contributed by atoms with E-state index in [0.717, 1.165) is 49.6 Å². The predicted molar refractivity (Wildman–Crippen MR) is 137 cm³/mol. The van der Waals surface area contributed by atoms with Crippen molar-refractivity contribution in [3.8, 4) is 10.6 Å². The molecule has 4 nitrogen and oxygen atoms in total. The summed E-state index contributed by atoms with van der Waals surface area (Å²) in [4.78, 5) is 18.3. The highest BCUT2D eigenvalue weighted by Gasteiger charge is 2.16. The van der Waals surface area contributed by atoms with Gasteiger partial charge in [0, 0.05) is 29.6 Å². The fourth-order valence-electron chi connectivity index (χ4n) is 3.99. The maximum atomic E-state index is 10.5. The molecule has 0 aliphatic carbocycles. The van der Waals surface area contributed by atoms with Crippen LogP contribution < -0.4 is 5.32 Å². The normalized spacial score (nSPS) is 14.3. The number of hydrogen-bond donors (Lipinski definition) is 1. The molecule has 1 aliphatic rings. The molecule has 1 aliphatic heterocycles. The Morgan fingerprint density at radius 1 is 1.06 bits per heavy atom. The quantitative estimate of drug-likeness (QED) is 0.320. The van der Waals surface area contributed by atoms with Gasteiger partial charge in [0.1, 0.15) is 5.01 Å². The van der Waals surface area contributed by atoms with Gasteiger partial charge in [0.2, 0.25) is 6.41 Å². The van der Waals surface area contributed by atoms with Gasteiger partial charge in [0.25, 0.3) is 0 Å². The van der Waals surface area contributed by atoms with Crippen molar-refractivity contribution in [1.82, 2.24) is 15.2 Å². The lowest BCUT2D eigenvalue weighted by Crippen LogP contribution is -2.42. The van der Waals surface area contributed by atoms with Crippen molar-refractivity contribution in [1.29, 1.82) is 0 Å². The number of rotatable bonds is 8. The summed E-state index contributed by atoms with van der Waals surface area (Å²) >= 11 is 1.76. The zero-order valence-corrected chi connectivity index (χ0v) is 20.6. The molecular formula is C27H37N3OS. The molecule has 172 valence electrons. The summed E-state index contributed by atoms with van der Waals surface area (Å²) in [7, 11) is 0. The molecule has 3 aromatic rings. The lowest BCUT2D eigenvalue weighted by Gasteiger charge is -2.29. The van der Waals surface area contributed by atoms with Crippen molar-refractivity contribution in [2.24, 2.45) is 0 Å². The first-order valence-electron chi connectivity index (χ1n) is 12.0. The molecule has 0 radical (unpaired) electrons. The second-order valence-corrected chi connectivity index (χ2v) is 9.86. The highest BCUT2D eigenvalue weighted by molar-refractivity contribution is 7.15. The highest BCUT2D eigenvalue weighted by atomic mass is 32.1. The zero-order valence-electron chi connectivity index (χ0n) is 19.8. The number of carbonyl (C=O) groups excluding carboxylic acids is 1. The number of carbonyl (C=O) groups is 1. The second kappa shape index (κ2) is 12.7. The maximum absolute atomic E-state index is 10.5. The monoisotopic (exact) mass is 451 g/mol. The van der Waals surface area contributed by atoms with Gasteiger partial charge in [-0.2, -0.15) is 0 Å². The van der Waals surface area contributed by atoms with Crippen LogP contribution in [0.3, 0.4) is 0 Å². The SMILES string of the molecule is CCCCCCNC1CCN(C=O)CC1.Cc1nc(-c2ccc3ccccc3c2)sc1C. The van der Waals surface area contributed by atoms with Gasteiger partial charge in [-0.1, -0.05) is 62.6 Å². The van der Waals surface area contributed by atoms with Gasteiger partial charge in [-0.3, -0.25) is 4.79 Å². The van der Waals surface area contributed by atoms with Crippen LogP contribution >= 0.6 is 11.3 Å². The number of nitrogens with zero attached hydrogens (tertiary/aromatic N) is 2. The van der Waals surface area contributed by atoms with E-state index in [1.807, 2.05) is 4.90 Å². The Kier molecular flexibility index (Phi) is 9.69. The summed E-state index contributed by atoms with van der Waals surface area (Å²) in [5.41, 5.74) is 2.35. The second-order valence-electron chi connectivity index (χ2n) is 8.65. The van der Waals surface area contributed by atoms with Crippen molar-refractivity contribution in [3.63, 3.8) is 0 Å². The molecule has 5 heteroatoms. The summed E-state index contributed by atoms with van der Waals surface area (Å²) in [6, 6.07) is 15.6. The summed E-state index contributed by atoms with van der Waals surface area (Å²) in [6.45, 7) is 9.43. The van der Waals surface area contributed by atoms with Crippen molar-refractivity contribution in [3.05, 3.63) is 53.0 Å². The van der Waals surface area contributed by atoms with Crippen molar-refractivity contribution >= 4 is 28.5 Å². The van der Waals surface area contributed by atoms with Crippen molar-refractivity contribution in [2.45, 2.75) is 65.3 Å². The number of fused-ring (bicyclic) bond motifs is 1. The van der Waals surface area contributed by atoms with E-state index in [0.29, 0.717) is 6.04 Å². The minimum Gasteiger partial charge on any atom is -0.345 e. The van der Waals surface area contributed by atoms with Gasteiger partial charge in [-0.15, -0.1) is 11.3 Å². The average Bonchev–Trinajstić information content (AvgIpc) is 3.17. The fraction of sp³-hybridized carbons (Fsp3) is 0.481. The lowest BCUT2D eigenvalue weighted by atomic mass is 10.1. The molecule has 1 N–H and O–H groups in total. The lowest BCUT2D eigenvalue weighted by molar-refractivity contribution is -0.119. The van der Waals surface area contributed by atoms with E-state index in [1.165, 1.54) is 46.9 Å². The molecule has 0 spiro atoms. The number of nitrogens with one attached hydrogen (secondary N) is 1. The van der Waals surface area contributed by atoms with Crippen molar-refractivity contribution < 1.29 is 4.79 Å². The predicted octanol–water partition coefficient (Wildman–Crippen LogP) is 6.36. The standard InChI is InChI=1S/C15H13NS.C12H24N2O/c1-10-11(2)17-15(16-10)14-8-7-12-5-3-4-6-13(12)9-14;1-2-3-4-5-8-13-12-6-9-14(11-15)10-7-12/h3-9H,1-2H3;11-13H,2-10H2,1H3. The van der Waals surface area contributed by atoms with E-state index in [1.54, 1.807) is 11.3 Å². The minimum atomic E-state index is 0.642. The molecule has 2 heterocycles. The molecule has 0 atom stereocenters. The minimum absolute atomic E-state index is 0.642. The van der Waals surface area contributed by atoms with Crippen molar-refractivity contribution in [2.75, 3.05) is 19.6 Å². The van der Waals surface area contributed by atoms with Gasteiger partial charge in [-0.25, -0.2) is 4.98 Å². The van der Waals surface area contributed by atoms with Crippen LogP contribution in [-0.4, -0.2) is 42.0 Å². The third-order valence-electron chi connectivity index (χ3n) is 6.17. The van der Waals surface area contributed by atoms with Crippen LogP contribution in [0.2, 0.25) is 0 Å². The molecule has 0 bridgehead atoms. The molecule has 1 saturated heterocycles. The van der Waals surface area contributed by atoms with Gasteiger partial charge < -0.3 is 10.2 Å². The summed E-state index contributed by atoms with van der Waals surface area (Å²) < 4.78 is 0. The molecule has 32 heavy (non-hydrogen) atoms. The van der Waals surface area contributed by atoms with E-state index in [4.69, 9.17) is 0 Å². The number of thiazole rings is 1. The number of benzene rings is 2. The van der Waals surface area contributed by atoms with Crippen LogP contribution in [0, 0.1) is 13.8 Å². The highest BCUT2D eigenvalue weighted by Crippen LogP contribution is 2.29. The number of aromatic nitrogens is 1. The van der Waals surface area contributed by atoms with Gasteiger partial charge >= 0.3 is 0 Å². The van der Waals surface area contributed by atoms with Crippen LogP contribution in [0.4, 0.5) is 0 Å². The Balaban J connectivity index is 0.000000183. The first-order valence-corrected chi connectivity index (χ1v) is 12.8. The Hall–Kier alpha value is -2.24. The van der Waals surface area contributed by atoms with E-state index in [9.17, 15) is 4.79 Å². The van der Waals surface area contributed by atoms with Crippen LogP contribution in [0.1, 0.15) is 56.0 Å². The Labute approximate surface area is 197 Å². The largest absolute Gasteiger partial charge is 0.345 e. The molecule has 2 aromatic carbocycles. The molecule has 0 unspecified atom stereocenters. The smallest absolute Gasteiger partial charge is 0.209 e. The van der Waals surface area contributed by atoms with Crippen LogP contribution in [0.15, 0.2) is 42.5 Å². The number of hydrogen-bond acceptors (Lipinski definition) is 4. The number of unbranched alkanes of at least 4 members (excludes halogenated alkanes) is 3. The fourth-order valence-corrected chi connectivity index (χ4v) is 4.90. The molecule has 1 fully saturated rings. The topological polar surface area (TPSA) is 45.2 Å². The Bertz CT molecular complexity index is 956. The number of amides is 1. The summed E-state index contributed by atoms with van der Waals surface area (Å²) in [6.07, 6.45) is 8.50. The molecule has 0 saturated carbocycles.